The SMILES string of the molecule is C[C@@H](NCc1csc(C(C)(C)C)n1)c1cccs1. The second-order valence-electron chi connectivity index (χ2n) is 5.51. The molecule has 0 bridgehead atoms. The van der Waals surface area contributed by atoms with Crippen LogP contribution in [0.1, 0.15) is 49.3 Å². The Bertz CT molecular complexity index is 480. The summed E-state index contributed by atoms with van der Waals surface area (Å²) in [5.74, 6) is 0. The molecule has 0 spiro atoms. The normalized spacial score (nSPS) is 13.8. The summed E-state index contributed by atoms with van der Waals surface area (Å²) >= 11 is 3.55. The van der Waals surface area contributed by atoms with E-state index in [2.05, 4.69) is 55.9 Å². The summed E-state index contributed by atoms with van der Waals surface area (Å²) in [5, 5.41) is 9.01. The van der Waals surface area contributed by atoms with Gasteiger partial charge in [-0.05, 0) is 18.4 Å². The molecule has 2 heterocycles. The van der Waals surface area contributed by atoms with Crippen LogP contribution in [0.15, 0.2) is 22.9 Å². The van der Waals surface area contributed by atoms with E-state index >= 15 is 0 Å². The highest BCUT2D eigenvalue weighted by Crippen LogP contribution is 2.26. The third-order valence-corrected chi connectivity index (χ3v) is 5.12. The third kappa shape index (κ3) is 3.40. The molecule has 0 aliphatic carbocycles. The minimum Gasteiger partial charge on any atom is -0.304 e. The van der Waals surface area contributed by atoms with Gasteiger partial charge in [0.05, 0.1) is 10.7 Å². The molecule has 4 heteroatoms. The van der Waals surface area contributed by atoms with Crippen molar-refractivity contribution in [3.05, 3.63) is 38.5 Å². The number of rotatable bonds is 4. The maximum Gasteiger partial charge on any atom is 0.0982 e. The zero-order valence-corrected chi connectivity index (χ0v) is 13.0. The molecular formula is C14H20N2S2. The number of nitrogens with zero attached hydrogens (tertiary/aromatic N) is 1. The molecule has 2 aromatic rings. The van der Waals surface area contributed by atoms with Crippen molar-refractivity contribution in [2.45, 2.75) is 45.7 Å². The Morgan fingerprint density at radius 2 is 2.11 bits per heavy atom. The molecular weight excluding hydrogens is 260 g/mol. The molecule has 0 aromatic carbocycles. The number of thiophene rings is 1. The van der Waals surface area contributed by atoms with Gasteiger partial charge in [-0.1, -0.05) is 26.8 Å². The first-order valence-electron chi connectivity index (χ1n) is 6.18. The molecule has 2 nitrogen and oxygen atoms in total. The molecule has 2 aromatic heterocycles. The highest BCUT2D eigenvalue weighted by molar-refractivity contribution is 7.10. The molecule has 0 radical (unpaired) electrons. The summed E-state index contributed by atoms with van der Waals surface area (Å²) in [6.07, 6.45) is 0. The fourth-order valence-corrected chi connectivity index (χ4v) is 3.29. The monoisotopic (exact) mass is 280 g/mol. The van der Waals surface area contributed by atoms with Crippen LogP contribution < -0.4 is 5.32 Å². The van der Waals surface area contributed by atoms with E-state index in [0.717, 1.165) is 12.2 Å². The van der Waals surface area contributed by atoms with Crippen molar-refractivity contribution >= 4 is 22.7 Å². The number of hydrogen-bond donors (Lipinski definition) is 1. The average molecular weight is 280 g/mol. The van der Waals surface area contributed by atoms with Crippen molar-refractivity contribution in [1.82, 2.24) is 10.3 Å². The fraction of sp³-hybridized carbons (Fsp3) is 0.500. The second-order valence-corrected chi connectivity index (χ2v) is 7.35. The van der Waals surface area contributed by atoms with Gasteiger partial charge in [-0.2, -0.15) is 0 Å². The molecule has 1 atom stereocenters. The second kappa shape index (κ2) is 5.51. The van der Waals surface area contributed by atoms with Crippen LogP contribution in [0, 0.1) is 0 Å². The first kappa shape index (κ1) is 13.7. The van der Waals surface area contributed by atoms with Crippen molar-refractivity contribution in [2.24, 2.45) is 0 Å². The highest BCUT2D eigenvalue weighted by Gasteiger charge is 2.18. The molecule has 0 fully saturated rings. The number of nitrogens with one attached hydrogen (secondary N) is 1. The predicted molar refractivity (Wildman–Crippen MR) is 80.4 cm³/mol. The first-order chi connectivity index (χ1) is 8.47. The van der Waals surface area contributed by atoms with Crippen molar-refractivity contribution in [3.8, 4) is 0 Å². The standard InChI is InChI=1S/C14H20N2S2/c1-10(12-6-5-7-17-12)15-8-11-9-18-13(16-11)14(2,3)4/h5-7,9-10,15H,8H2,1-4H3/t10-/m1/s1. The van der Waals surface area contributed by atoms with Gasteiger partial charge in [0.1, 0.15) is 0 Å². The van der Waals surface area contributed by atoms with Gasteiger partial charge in [-0.3, -0.25) is 0 Å². The lowest BCUT2D eigenvalue weighted by molar-refractivity contribution is 0.561. The van der Waals surface area contributed by atoms with Crippen molar-refractivity contribution in [2.75, 3.05) is 0 Å². The Balaban J connectivity index is 1.93. The summed E-state index contributed by atoms with van der Waals surface area (Å²) in [7, 11) is 0. The Labute approximate surface area is 117 Å². The fourth-order valence-electron chi connectivity index (χ4n) is 1.63. The van der Waals surface area contributed by atoms with Crippen LogP contribution in [0.4, 0.5) is 0 Å². The van der Waals surface area contributed by atoms with Gasteiger partial charge in [-0.15, -0.1) is 22.7 Å². The van der Waals surface area contributed by atoms with Gasteiger partial charge in [0, 0.05) is 28.3 Å². The van der Waals surface area contributed by atoms with E-state index in [1.54, 1.807) is 22.7 Å². The summed E-state index contributed by atoms with van der Waals surface area (Å²) in [5.41, 5.74) is 1.30. The summed E-state index contributed by atoms with van der Waals surface area (Å²) in [6, 6.07) is 4.66. The molecule has 2 rings (SSSR count). The van der Waals surface area contributed by atoms with Crippen LogP contribution in [0.3, 0.4) is 0 Å². The Hall–Kier alpha value is -0.710. The lowest BCUT2D eigenvalue weighted by atomic mass is 9.98. The van der Waals surface area contributed by atoms with Gasteiger partial charge >= 0.3 is 0 Å². The summed E-state index contributed by atoms with van der Waals surface area (Å²) in [6.45, 7) is 9.65. The lowest BCUT2D eigenvalue weighted by Crippen LogP contribution is -2.18. The number of thiazole rings is 1. The van der Waals surface area contributed by atoms with Gasteiger partial charge < -0.3 is 5.32 Å². The molecule has 0 saturated carbocycles. The maximum absolute atomic E-state index is 4.69. The predicted octanol–water partition coefficient (Wildman–Crippen LogP) is 4.35. The van der Waals surface area contributed by atoms with Gasteiger partial charge in [0.25, 0.3) is 0 Å². The Morgan fingerprint density at radius 3 is 2.67 bits per heavy atom. The van der Waals surface area contributed by atoms with E-state index < -0.39 is 0 Å². The van der Waals surface area contributed by atoms with E-state index in [9.17, 15) is 0 Å². The quantitative estimate of drug-likeness (QED) is 0.900. The molecule has 98 valence electrons. The van der Waals surface area contributed by atoms with Crippen LogP contribution in [0.2, 0.25) is 0 Å². The maximum atomic E-state index is 4.69. The van der Waals surface area contributed by atoms with E-state index in [4.69, 9.17) is 4.98 Å². The average Bonchev–Trinajstić information content (AvgIpc) is 2.96. The van der Waals surface area contributed by atoms with Gasteiger partial charge in [0.2, 0.25) is 0 Å². The minimum absolute atomic E-state index is 0.155. The van der Waals surface area contributed by atoms with E-state index in [0.29, 0.717) is 6.04 Å². The molecule has 0 amide bonds. The van der Waals surface area contributed by atoms with Crippen molar-refractivity contribution in [3.63, 3.8) is 0 Å². The molecule has 18 heavy (non-hydrogen) atoms. The van der Waals surface area contributed by atoms with Crippen LogP contribution in [0.25, 0.3) is 0 Å². The largest absolute Gasteiger partial charge is 0.304 e. The lowest BCUT2D eigenvalue weighted by Gasteiger charge is -2.14. The van der Waals surface area contributed by atoms with E-state index in [1.165, 1.54) is 9.88 Å². The van der Waals surface area contributed by atoms with Crippen LogP contribution >= 0.6 is 22.7 Å². The van der Waals surface area contributed by atoms with E-state index in [1.807, 2.05) is 0 Å². The van der Waals surface area contributed by atoms with Crippen LogP contribution in [-0.4, -0.2) is 4.98 Å². The molecule has 1 N–H and O–H groups in total. The van der Waals surface area contributed by atoms with Gasteiger partial charge in [-0.25, -0.2) is 4.98 Å². The Morgan fingerprint density at radius 1 is 1.33 bits per heavy atom. The topological polar surface area (TPSA) is 24.9 Å². The number of hydrogen-bond acceptors (Lipinski definition) is 4. The zero-order chi connectivity index (χ0) is 13.2. The smallest absolute Gasteiger partial charge is 0.0982 e. The summed E-state index contributed by atoms with van der Waals surface area (Å²) in [4.78, 5) is 6.07. The molecule has 0 saturated heterocycles. The van der Waals surface area contributed by atoms with Crippen LogP contribution in [0.5, 0.6) is 0 Å². The van der Waals surface area contributed by atoms with Crippen molar-refractivity contribution in [1.29, 1.82) is 0 Å². The summed E-state index contributed by atoms with van der Waals surface area (Å²) < 4.78 is 0. The highest BCUT2D eigenvalue weighted by atomic mass is 32.1. The van der Waals surface area contributed by atoms with Crippen molar-refractivity contribution < 1.29 is 0 Å². The first-order valence-corrected chi connectivity index (χ1v) is 7.94. The molecule has 0 aliphatic rings. The molecule has 0 unspecified atom stereocenters. The minimum atomic E-state index is 0.155. The Kier molecular flexibility index (Phi) is 4.20. The van der Waals surface area contributed by atoms with E-state index in [-0.39, 0.29) is 5.41 Å². The molecule has 0 aliphatic heterocycles. The zero-order valence-electron chi connectivity index (χ0n) is 11.4. The number of aromatic nitrogens is 1. The van der Waals surface area contributed by atoms with Gasteiger partial charge in [0.15, 0.2) is 0 Å². The van der Waals surface area contributed by atoms with Crippen LogP contribution in [-0.2, 0) is 12.0 Å². The third-order valence-electron chi connectivity index (χ3n) is 2.75.